The third-order valence-corrected chi connectivity index (χ3v) is 3.54. The van der Waals surface area contributed by atoms with Gasteiger partial charge in [0.15, 0.2) is 6.29 Å². The Morgan fingerprint density at radius 3 is 2.27 bits per heavy atom. The van der Waals surface area contributed by atoms with Gasteiger partial charge in [-0.2, -0.15) is 0 Å². The Morgan fingerprint density at radius 2 is 1.81 bits per heavy atom. The fourth-order valence-electron chi connectivity index (χ4n) is 2.34. The molecule has 1 unspecified atom stereocenters. The zero-order valence-electron chi connectivity index (χ0n) is 16.9. The second kappa shape index (κ2) is 10.8. The number of amides is 1. The molecule has 0 radical (unpaired) electrons. The van der Waals surface area contributed by atoms with E-state index in [-0.39, 0.29) is 39.7 Å². The fourth-order valence-corrected chi connectivity index (χ4v) is 2.34. The van der Waals surface area contributed by atoms with E-state index in [4.69, 9.17) is 14.2 Å². The van der Waals surface area contributed by atoms with Gasteiger partial charge < -0.3 is 31.2 Å². The van der Waals surface area contributed by atoms with Crippen molar-refractivity contribution >= 4 is 18.0 Å². The smallest absolute Gasteiger partial charge is 1.00 e. The zero-order valence-corrected chi connectivity index (χ0v) is 15.9. The van der Waals surface area contributed by atoms with Crippen molar-refractivity contribution in [3.63, 3.8) is 0 Å². The van der Waals surface area contributed by atoms with E-state index in [2.05, 4.69) is 5.32 Å². The number of ether oxygens (including phenoxy) is 3. The van der Waals surface area contributed by atoms with Crippen molar-refractivity contribution in [2.75, 3.05) is 13.2 Å². The summed E-state index contributed by atoms with van der Waals surface area (Å²) >= 11 is 0. The normalized spacial score (nSPS) is 17.7. The molecule has 0 saturated carbocycles. The number of aliphatic carboxylic acids is 2. The predicted molar refractivity (Wildman–Crippen MR) is 87.3 cm³/mol. The van der Waals surface area contributed by atoms with Crippen molar-refractivity contribution < 1.29 is 59.1 Å². The standard InChI is InChI=1S/C16H27NO8.Li.H/c1-15(2,3)25-14(22)17-9-6-8-16(12(18)19,13(20)21)24-11-7-4-5-10-23-11;;/h11H,4-10H2,1-3H3,(H,17,22)(H,18,19)(H,20,21);;/q;+1;-1. The van der Waals surface area contributed by atoms with Gasteiger partial charge in [-0.25, -0.2) is 14.4 Å². The van der Waals surface area contributed by atoms with Gasteiger partial charge in [0.25, 0.3) is 5.60 Å². The van der Waals surface area contributed by atoms with Crippen LogP contribution in [0.3, 0.4) is 0 Å². The number of hydrogen-bond acceptors (Lipinski definition) is 6. The van der Waals surface area contributed by atoms with Crippen LogP contribution in [0.25, 0.3) is 0 Å². The molecule has 1 atom stereocenters. The Hall–Kier alpha value is -1.27. The van der Waals surface area contributed by atoms with Gasteiger partial charge in [0, 0.05) is 19.6 Å². The maximum Gasteiger partial charge on any atom is 1.00 e. The molecule has 1 amide bonds. The van der Waals surface area contributed by atoms with Gasteiger partial charge in [0.2, 0.25) is 0 Å². The first-order valence-electron chi connectivity index (χ1n) is 8.30. The molecule has 0 aromatic carbocycles. The first kappa shape index (κ1) is 24.7. The van der Waals surface area contributed by atoms with Crippen LogP contribution in [0.5, 0.6) is 0 Å². The topological polar surface area (TPSA) is 131 Å². The van der Waals surface area contributed by atoms with Crippen LogP contribution >= 0.6 is 0 Å². The third-order valence-electron chi connectivity index (χ3n) is 3.54. The molecule has 1 rings (SSSR count). The Bertz CT molecular complexity index is 477. The van der Waals surface area contributed by atoms with Crippen molar-refractivity contribution in [2.24, 2.45) is 0 Å². The number of carbonyl (C=O) groups is 3. The Balaban J connectivity index is 0. The van der Waals surface area contributed by atoms with E-state index in [9.17, 15) is 24.6 Å². The van der Waals surface area contributed by atoms with Gasteiger partial charge in [0.1, 0.15) is 5.60 Å². The van der Waals surface area contributed by atoms with E-state index in [0.717, 1.165) is 12.8 Å². The van der Waals surface area contributed by atoms with Crippen molar-refractivity contribution in [3.8, 4) is 0 Å². The number of carbonyl (C=O) groups excluding carboxylic acids is 1. The molecular formula is C16H28LiNO8. The average Bonchev–Trinajstić information content (AvgIpc) is 2.49. The number of carboxylic acid groups (broad SMARTS) is 2. The number of alkyl carbamates (subject to hydrolysis) is 1. The summed E-state index contributed by atoms with van der Waals surface area (Å²) in [6.07, 6.45) is 0.309. The van der Waals surface area contributed by atoms with E-state index < -0.39 is 35.5 Å². The van der Waals surface area contributed by atoms with Gasteiger partial charge in [-0.1, -0.05) is 0 Å². The van der Waals surface area contributed by atoms with Crippen LogP contribution < -0.4 is 24.2 Å². The van der Waals surface area contributed by atoms with Crippen LogP contribution in [-0.4, -0.2) is 58.9 Å². The monoisotopic (exact) mass is 369 g/mol. The van der Waals surface area contributed by atoms with Crippen molar-refractivity contribution in [2.45, 2.75) is 70.4 Å². The summed E-state index contributed by atoms with van der Waals surface area (Å²) in [4.78, 5) is 34.7. The molecule has 0 aliphatic carbocycles. The molecule has 0 spiro atoms. The average molecular weight is 369 g/mol. The number of carboxylic acids is 2. The summed E-state index contributed by atoms with van der Waals surface area (Å²) in [5.41, 5.74) is -3.06. The number of rotatable bonds is 8. The molecule has 10 heteroatoms. The van der Waals surface area contributed by atoms with Gasteiger partial charge >= 0.3 is 36.9 Å². The molecule has 3 N–H and O–H groups in total. The second-order valence-electron chi connectivity index (χ2n) is 6.88. The minimum Gasteiger partial charge on any atom is -1.00 e. The SMILES string of the molecule is CC(C)(C)OC(=O)NCCCC(OC1CCCCO1)(C(=O)O)C(=O)O.[H-].[Li+]. The van der Waals surface area contributed by atoms with E-state index in [1.807, 2.05) is 0 Å². The molecule has 1 aliphatic rings. The first-order valence-corrected chi connectivity index (χ1v) is 8.30. The summed E-state index contributed by atoms with van der Waals surface area (Å²) < 4.78 is 15.7. The minimum atomic E-state index is -2.41. The molecular weight excluding hydrogens is 341 g/mol. The van der Waals surface area contributed by atoms with E-state index in [1.54, 1.807) is 20.8 Å². The summed E-state index contributed by atoms with van der Waals surface area (Å²) in [6, 6.07) is 0. The van der Waals surface area contributed by atoms with Crippen LogP contribution in [0, 0.1) is 0 Å². The number of nitrogens with one attached hydrogen (secondary N) is 1. The molecule has 1 heterocycles. The maximum atomic E-state index is 11.6. The van der Waals surface area contributed by atoms with Crippen LogP contribution in [0.4, 0.5) is 4.79 Å². The minimum absolute atomic E-state index is 0. The molecule has 1 fully saturated rings. The van der Waals surface area contributed by atoms with Crippen LogP contribution in [0.2, 0.25) is 0 Å². The second-order valence-corrected chi connectivity index (χ2v) is 6.88. The molecule has 9 nitrogen and oxygen atoms in total. The van der Waals surface area contributed by atoms with Crippen molar-refractivity contribution in [1.29, 1.82) is 0 Å². The van der Waals surface area contributed by atoms with E-state index in [1.165, 1.54) is 0 Å². The third kappa shape index (κ3) is 7.95. The zero-order chi connectivity index (χ0) is 19.1. The Kier molecular flexibility index (Phi) is 10.2. The summed E-state index contributed by atoms with van der Waals surface area (Å²) in [6.45, 7) is 5.60. The van der Waals surface area contributed by atoms with E-state index in [0.29, 0.717) is 13.0 Å². The largest absolute Gasteiger partial charge is 1.00 e. The molecule has 0 aromatic heterocycles. The molecule has 1 aliphatic heterocycles. The van der Waals surface area contributed by atoms with Crippen molar-refractivity contribution in [3.05, 3.63) is 0 Å². The summed E-state index contributed by atoms with van der Waals surface area (Å²) in [7, 11) is 0. The predicted octanol–water partition coefficient (Wildman–Crippen LogP) is -1.14. The maximum absolute atomic E-state index is 11.6. The van der Waals surface area contributed by atoms with Gasteiger partial charge in [-0.15, -0.1) is 0 Å². The quantitative estimate of drug-likeness (QED) is 0.278. The van der Waals surface area contributed by atoms with E-state index >= 15 is 0 Å². The van der Waals surface area contributed by atoms with Gasteiger partial charge in [-0.05, 0) is 46.5 Å². The Morgan fingerprint density at radius 1 is 1.19 bits per heavy atom. The molecule has 26 heavy (non-hydrogen) atoms. The van der Waals surface area contributed by atoms with Gasteiger partial charge in [0.05, 0.1) is 0 Å². The number of hydrogen-bond donors (Lipinski definition) is 3. The first-order chi connectivity index (χ1) is 11.6. The molecule has 1 saturated heterocycles. The molecule has 146 valence electrons. The molecule has 0 aromatic rings. The van der Waals surface area contributed by atoms with Crippen molar-refractivity contribution in [1.82, 2.24) is 5.32 Å². The summed E-state index contributed by atoms with van der Waals surface area (Å²) in [5.74, 6) is -3.18. The Labute approximate surface area is 166 Å². The van der Waals surface area contributed by atoms with Crippen LogP contribution in [-0.2, 0) is 23.8 Å². The summed E-state index contributed by atoms with van der Waals surface area (Å²) in [5, 5.41) is 21.3. The molecule has 0 bridgehead atoms. The van der Waals surface area contributed by atoms with Crippen LogP contribution in [0.1, 0.15) is 54.3 Å². The fraction of sp³-hybridized carbons (Fsp3) is 0.812. The van der Waals surface area contributed by atoms with Crippen LogP contribution in [0.15, 0.2) is 0 Å². The van der Waals surface area contributed by atoms with Gasteiger partial charge in [-0.3, -0.25) is 0 Å².